The van der Waals surface area contributed by atoms with Gasteiger partial charge in [0.05, 0.1) is 4.21 Å². The molecule has 1 atom stereocenters. The van der Waals surface area contributed by atoms with Gasteiger partial charge in [-0.1, -0.05) is 19.1 Å². The van der Waals surface area contributed by atoms with Gasteiger partial charge >= 0.3 is 0 Å². The molecule has 0 spiro atoms. The number of rotatable bonds is 6. The molecule has 0 aliphatic heterocycles. The fraction of sp³-hybridized carbons (Fsp3) is 0.400. The summed E-state index contributed by atoms with van der Waals surface area (Å²) >= 11 is 3.73. The van der Waals surface area contributed by atoms with Gasteiger partial charge in [-0.05, 0) is 11.4 Å². The molecule has 0 aliphatic rings. The first-order chi connectivity index (χ1) is 6.33. The lowest BCUT2D eigenvalue weighted by Gasteiger charge is -2.09. The minimum atomic E-state index is 0.624. The molecule has 0 saturated heterocycles. The van der Waals surface area contributed by atoms with Crippen molar-refractivity contribution in [3.63, 3.8) is 0 Å². The maximum atomic E-state index is 3.67. The second-order valence-corrected chi connectivity index (χ2v) is 5.49. The molecule has 1 unspecified atom stereocenters. The van der Waals surface area contributed by atoms with E-state index >= 15 is 0 Å². The largest absolute Gasteiger partial charge is 0.312 e. The van der Waals surface area contributed by atoms with Gasteiger partial charge in [-0.2, -0.15) is 0 Å². The maximum Gasteiger partial charge on any atom is 0.0601 e. The zero-order valence-electron chi connectivity index (χ0n) is 7.82. The van der Waals surface area contributed by atoms with Crippen molar-refractivity contribution in [2.24, 2.45) is 0 Å². The van der Waals surface area contributed by atoms with Crippen LogP contribution in [-0.2, 0) is 0 Å². The van der Waals surface area contributed by atoms with Crippen molar-refractivity contribution in [2.75, 3.05) is 13.1 Å². The first kappa shape index (κ1) is 10.8. The molecule has 0 aliphatic carbocycles. The van der Waals surface area contributed by atoms with Gasteiger partial charge in [0.15, 0.2) is 0 Å². The Labute approximate surface area is 88.2 Å². The molecule has 1 aromatic rings. The predicted molar refractivity (Wildman–Crippen MR) is 62.7 cm³/mol. The highest BCUT2D eigenvalue weighted by Gasteiger charge is 2.03. The number of thioether (sulfide) groups is 1. The van der Waals surface area contributed by atoms with Gasteiger partial charge in [-0.3, -0.25) is 0 Å². The molecule has 0 bridgehead atoms. The number of hydrogen-bond acceptors (Lipinski definition) is 3. The van der Waals surface area contributed by atoms with E-state index in [0.717, 1.165) is 13.1 Å². The summed E-state index contributed by atoms with van der Waals surface area (Å²) in [6, 6.07) is 4.26. The van der Waals surface area contributed by atoms with Crippen molar-refractivity contribution in [1.29, 1.82) is 0 Å². The van der Waals surface area contributed by atoms with Gasteiger partial charge in [-0.25, -0.2) is 0 Å². The highest BCUT2D eigenvalue weighted by Crippen LogP contribution is 2.26. The maximum absolute atomic E-state index is 3.67. The summed E-state index contributed by atoms with van der Waals surface area (Å²) in [6.45, 7) is 7.84. The van der Waals surface area contributed by atoms with Crippen LogP contribution in [0.2, 0.25) is 0 Å². The van der Waals surface area contributed by atoms with Crippen LogP contribution in [0.25, 0.3) is 0 Å². The Morgan fingerprint density at radius 3 is 3.23 bits per heavy atom. The average molecular weight is 213 g/mol. The highest BCUT2D eigenvalue weighted by atomic mass is 32.2. The van der Waals surface area contributed by atoms with E-state index < -0.39 is 0 Å². The van der Waals surface area contributed by atoms with Crippen LogP contribution < -0.4 is 5.32 Å². The lowest BCUT2D eigenvalue weighted by Crippen LogP contribution is -2.22. The molecule has 0 radical (unpaired) electrons. The Morgan fingerprint density at radius 2 is 2.62 bits per heavy atom. The summed E-state index contributed by atoms with van der Waals surface area (Å²) in [5.74, 6) is 0. The highest BCUT2D eigenvalue weighted by molar-refractivity contribution is 8.01. The van der Waals surface area contributed by atoms with Gasteiger partial charge < -0.3 is 5.32 Å². The lowest BCUT2D eigenvalue weighted by atomic mass is 10.4. The lowest BCUT2D eigenvalue weighted by molar-refractivity contribution is 0.741. The molecule has 1 nitrogen and oxygen atoms in total. The van der Waals surface area contributed by atoms with Crippen LogP contribution in [0, 0.1) is 0 Å². The standard InChI is InChI=1S/C10H15NS2/c1-3-6-11-8-9(2)13-10-5-4-7-12-10/h3-5,7,9,11H,1,6,8H2,2H3. The molecule has 0 aromatic carbocycles. The summed E-state index contributed by atoms with van der Waals surface area (Å²) in [5.41, 5.74) is 0. The third-order valence-electron chi connectivity index (χ3n) is 1.53. The van der Waals surface area contributed by atoms with Crippen LogP contribution in [0.5, 0.6) is 0 Å². The number of hydrogen-bond donors (Lipinski definition) is 1. The SMILES string of the molecule is C=CCNCC(C)Sc1cccs1. The fourth-order valence-electron chi connectivity index (χ4n) is 0.959. The second-order valence-electron chi connectivity index (χ2n) is 2.81. The average Bonchev–Trinajstić information content (AvgIpc) is 2.57. The molecular formula is C10H15NS2. The van der Waals surface area contributed by atoms with Gasteiger partial charge in [0.1, 0.15) is 0 Å². The molecule has 13 heavy (non-hydrogen) atoms. The zero-order valence-corrected chi connectivity index (χ0v) is 9.46. The van der Waals surface area contributed by atoms with E-state index in [1.807, 2.05) is 17.8 Å². The zero-order chi connectivity index (χ0) is 9.52. The Bertz CT molecular complexity index is 231. The van der Waals surface area contributed by atoms with Crippen LogP contribution in [0.15, 0.2) is 34.4 Å². The van der Waals surface area contributed by atoms with E-state index in [0.29, 0.717) is 5.25 Å². The molecular weight excluding hydrogens is 198 g/mol. The monoisotopic (exact) mass is 213 g/mol. The molecule has 3 heteroatoms. The molecule has 0 fully saturated rings. The van der Waals surface area contributed by atoms with Gasteiger partial charge in [0.25, 0.3) is 0 Å². The van der Waals surface area contributed by atoms with Gasteiger partial charge in [0.2, 0.25) is 0 Å². The minimum Gasteiger partial charge on any atom is -0.312 e. The van der Waals surface area contributed by atoms with Crippen molar-refractivity contribution in [3.05, 3.63) is 30.2 Å². The summed E-state index contributed by atoms with van der Waals surface area (Å²) in [6.07, 6.45) is 1.89. The third kappa shape index (κ3) is 4.50. The van der Waals surface area contributed by atoms with Crippen LogP contribution in [0.4, 0.5) is 0 Å². The summed E-state index contributed by atoms with van der Waals surface area (Å²) in [4.78, 5) is 0. The van der Waals surface area contributed by atoms with Crippen molar-refractivity contribution >= 4 is 23.1 Å². The fourth-order valence-corrected chi connectivity index (χ4v) is 3.04. The minimum absolute atomic E-state index is 0.624. The smallest absolute Gasteiger partial charge is 0.0601 e. The quantitative estimate of drug-likeness (QED) is 0.443. The molecule has 1 N–H and O–H groups in total. The van der Waals surface area contributed by atoms with Crippen molar-refractivity contribution in [3.8, 4) is 0 Å². The van der Waals surface area contributed by atoms with Gasteiger partial charge in [-0.15, -0.1) is 29.7 Å². The molecule has 1 aromatic heterocycles. The van der Waals surface area contributed by atoms with Crippen LogP contribution in [0.1, 0.15) is 6.92 Å². The number of nitrogens with one attached hydrogen (secondary N) is 1. The molecule has 72 valence electrons. The van der Waals surface area contributed by atoms with Crippen LogP contribution in [-0.4, -0.2) is 18.3 Å². The van der Waals surface area contributed by atoms with Gasteiger partial charge in [0, 0.05) is 18.3 Å². The first-order valence-corrected chi connectivity index (χ1v) is 6.10. The van der Waals surface area contributed by atoms with E-state index in [4.69, 9.17) is 0 Å². The molecule has 0 saturated carbocycles. The van der Waals surface area contributed by atoms with Crippen LogP contribution >= 0.6 is 23.1 Å². The van der Waals surface area contributed by atoms with E-state index in [1.165, 1.54) is 4.21 Å². The first-order valence-electron chi connectivity index (χ1n) is 4.34. The van der Waals surface area contributed by atoms with E-state index in [1.54, 1.807) is 11.3 Å². The number of thiophene rings is 1. The summed E-state index contributed by atoms with van der Waals surface area (Å²) in [7, 11) is 0. The van der Waals surface area contributed by atoms with Crippen LogP contribution in [0.3, 0.4) is 0 Å². The topological polar surface area (TPSA) is 12.0 Å². The Kier molecular flexibility index (Phi) is 5.20. The Morgan fingerprint density at radius 1 is 1.77 bits per heavy atom. The Balaban J connectivity index is 2.17. The van der Waals surface area contributed by atoms with Crippen molar-refractivity contribution < 1.29 is 0 Å². The second kappa shape index (κ2) is 6.24. The Hall–Kier alpha value is -0.250. The molecule has 0 amide bonds. The van der Waals surface area contributed by atoms with Crippen molar-refractivity contribution in [2.45, 2.75) is 16.4 Å². The van der Waals surface area contributed by atoms with E-state index in [2.05, 4.69) is 36.3 Å². The normalized spacial score (nSPS) is 12.7. The summed E-state index contributed by atoms with van der Waals surface area (Å²) in [5, 5.41) is 6.05. The summed E-state index contributed by atoms with van der Waals surface area (Å²) < 4.78 is 1.40. The molecule has 1 rings (SSSR count). The third-order valence-corrected chi connectivity index (χ3v) is 3.71. The predicted octanol–water partition coefficient (Wildman–Crippen LogP) is 3.00. The van der Waals surface area contributed by atoms with Crippen molar-refractivity contribution in [1.82, 2.24) is 5.32 Å². The van der Waals surface area contributed by atoms with E-state index in [9.17, 15) is 0 Å². The molecule has 1 heterocycles. The van der Waals surface area contributed by atoms with E-state index in [-0.39, 0.29) is 0 Å².